The van der Waals surface area contributed by atoms with Gasteiger partial charge in [0.15, 0.2) is 0 Å². The van der Waals surface area contributed by atoms with E-state index in [0.717, 1.165) is 26.9 Å². The molecular weight excluding hydrogens is 326 g/mol. The lowest BCUT2D eigenvalue weighted by molar-refractivity contribution is 0.102. The fourth-order valence-electron chi connectivity index (χ4n) is 2.20. The van der Waals surface area contributed by atoms with Crippen molar-refractivity contribution in [2.24, 2.45) is 0 Å². The molecule has 2 nitrogen and oxygen atoms in total. The van der Waals surface area contributed by atoms with Crippen LogP contribution in [0.4, 0.5) is 5.69 Å². The van der Waals surface area contributed by atoms with Crippen LogP contribution in [0, 0.1) is 6.92 Å². The number of halogens is 1. The highest BCUT2D eigenvalue weighted by molar-refractivity contribution is 9.10. The molecule has 1 N–H and O–H groups in total. The predicted octanol–water partition coefficient (Wildman–Crippen LogP) is 5.31. The van der Waals surface area contributed by atoms with E-state index in [1.807, 2.05) is 49.4 Å². The smallest absolute Gasteiger partial charge is 0.255 e. The highest BCUT2D eigenvalue weighted by Crippen LogP contribution is 2.27. The van der Waals surface area contributed by atoms with Crippen molar-refractivity contribution in [3.63, 3.8) is 0 Å². The minimum atomic E-state index is -0.0729. The van der Waals surface area contributed by atoms with E-state index in [2.05, 4.69) is 42.0 Å². The molecule has 0 fully saturated rings. The van der Waals surface area contributed by atoms with Gasteiger partial charge < -0.3 is 5.32 Å². The summed E-state index contributed by atoms with van der Waals surface area (Å²) < 4.78 is 0.990. The van der Waals surface area contributed by atoms with E-state index in [1.165, 1.54) is 0 Å². The Balaban J connectivity index is 2.31. The number of carbonyl (C=O) groups excluding carboxylic acids is 1. The number of aryl methyl sites for hydroxylation is 1. The van der Waals surface area contributed by atoms with Gasteiger partial charge >= 0.3 is 0 Å². The molecule has 0 aliphatic carbocycles. The summed E-state index contributed by atoms with van der Waals surface area (Å²) in [6, 6.07) is 13.6. The normalized spacial score (nSPS) is 11.3. The molecular formula is C18H20BrNO. The average molecular weight is 346 g/mol. The van der Waals surface area contributed by atoms with Crippen molar-refractivity contribution in [3.05, 3.63) is 63.6 Å². The Morgan fingerprint density at radius 3 is 2.38 bits per heavy atom. The minimum absolute atomic E-state index is 0.0677. The van der Waals surface area contributed by atoms with Gasteiger partial charge in [0.1, 0.15) is 0 Å². The van der Waals surface area contributed by atoms with Crippen molar-refractivity contribution in [1.82, 2.24) is 0 Å². The van der Waals surface area contributed by atoms with E-state index in [0.29, 0.717) is 0 Å². The van der Waals surface area contributed by atoms with Crippen molar-refractivity contribution in [2.75, 3.05) is 5.32 Å². The maximum absolute atomic E-state index is 12.6. The van der Waals surface area contributed by atoms with Gasteiger partial charge in [-0.15, -0.1) is 0 Å². The van der Waals surface area contributed by atoms with Crippen molar-refractivity contribution < 1.29 is 4.79 Å². The van der Waals surface area contributed by atoms with Crippen LogP contribution < -0.4 is 5.32 Å². The highest BCUT2D eigenvalue weighted by atomic mass is 79.9. The van der Waals surface area contributed by atoms with Crippen LogP contribution in [0.1, 0.15) is 42.3 Å². The third-order valence-corrected chi connectivity index (χ3v) is 4.26. The molecule has 0 saturated heterocycles. The standard InChI is InChI=1S/C18H20BrNO/c1-12-9-10-13(11-16(12)19)20-17(21)14-7-5-6-8-15(14)18(2,3)4/h5-11H,1-4H3,(H,20,21). The third-order valence-electron chi connectivity index (χ3n) is 3.41. The zero-order valence-electron chi connectivity index (χ0n) is 12.8. The van der Waals surface area contributed by atoms with Gasteiger partial charge in [-0.05, 0) is 41.7 Å². The largest absolute Gasteiger partial charge is 0.322 e. The Morgan fingerprint density at radius 2 is 1.76 bits per heavy atom. The number of rotatable bonds is 2. The lowest BCUT2D eigenvalue weighted by Crippen LogP contribution is -2.20. The Morgan fingerprint density at radius 1 is 1.10 bits per heavy atom. The van der Waals surface area contributed by atoms with Crippen molar-refractivity contribution in [2.45, 2.75) is 33.1 Å². The number of benzene rings is 2. The van der Waals surface area contributed by atoms with Gasteiger partial charge in [0.25, 0.3) is 5.91 Å². The number of nitrogens with one attached hydrogen (secondary N) is 1. The van der Waals surface area contributed by atoms with E-state index in [1.54, 1.807) is 0 Å². The molecule has 1 amide bonds. The molecule has 3 heteroatoms. The summed E-state index contributed by atoms with van der Waals surface area (Å²) in [5, 5.41) is 2.97. The zero-order valence-corrected chi connectivity index (χ0v) is 14.4. The summed E-state index contributed by atoms with van der Waals surface area (Å²) in [5.41, 5.74) is 3.64. The number of carbonyl (C=O) groups is 1. The SMILES string of the molecule is Cc1ccc(NC(=O)c2ccccc2C(C)(C)C)cc1Br. The third kappa shape index (κ3) is 3.73. The van der Waals surface area contributed by atoms with Gasteiger partial charge in [-0.3, -0.25) is 4.79 Å². The van der Waals surface area contributed by atoms with E-state index in [9.17, 15) is 4.79 Å². The van der Waals surface area contributed by atoms with E-state index in [4.69, 9.17) is 0 Å². The van der Waals surface area contributed by atoms with Crippen molar-refractivity contribution >= 4 is 27.5 Å². The summed E-state index contributed by atoms with van der Waals surface area (Å²) in [7, 11) is 0. The highest BCUT2D eigenvalue weighted by Gasteiger charge is 2.21. The van der Waals surface area contributed by atoms with E-state index < -0.39 is 0 Å². The molecule has 0 unspecified atom stereocenters. The van der Waals surface area contributed by atoms with Crippen LogP contribution in [0.2, 0.25) is 0 Å². The molecule has 0 heterocycles. The van der Waals surface area contributed by atoms with E-state index >= 15 is 0 Å². The summed E-state index contributed by atoms with van der Waals surface area (Å²) in [4.78, 5) is 12.6. The molecule has 0 saturated carbocycles. The molecule has 0 aromatic heterocycles. The van der Waals surface area contributed by atoms with E-state index in [-0.39, 0.29) is 11.3 Å². The second kappa shape index (κ2) is 6.02. The van der Waals surface area contributed by atoms with Crippen LogP contribution in [0.15, 0.2) is 46.9 Å². The van der Waals surface area contributed by atoms with Gasteiger partial charge in [0.2, 0.25) is 0 Å². The summed E-state index contributed by atoms with van der Waals surface area (Å²) in [5.74, 6) is -0.0729. The summed E-state index contributed by atoms with van der Waals surface area (Å²) in [6.45, 7) is 8.36. The van der Waals surface area contributed by atoms with Crippen LogP contribution in [0.5, 0.6) is 0 Å². The van der Waals surface area contributed by atoms with Gasteiger partial charge in [0.05, 0.1) is 0 Å². The molecule has 2 aromatic carbocycles. The van der Waals surface area contributed by atoms with Crippen LogP contribution in [-0.4, -0.2) is 5.91 Å². The van der Waals surface area contributed by atoms with Gasteiger partial charge in [-0.25, -0.2) is 0 Å². The fourth-order valence-corrected chi connectivity index (χ4v) is 2.58. The molecule has 21 heavy (non-hydrogen) atoms. The lowest BCUT2D eigenvalue weighted by atomic mass is 9.83. The minimum Gasteiger partial charge on any atom is -0.322 e. The van der Waals surface area contributed by atoms with Gasteiger partial charge in [-0.1, -0.05) is 61.0 Å². The van der Waals surface area contributed by atoms with Crippen LogP contribution in [0.3, 0.4) is 0 Å². The predicted molar refractivity (Wildman–Crippen MR) is 92.0 cm³/mol. The van der Waals surface area contributed by atoms with Crippen LogP contribution in [-0.2, 0) is 5.41 Å². The first kappa shape index (κ1) is 15.8. The lowest BCUT2D eigenvalue weighted by Gasteiger charge is -2.22. The molecule has 2 aromatic rings. The molecule has 0 aliphatic rings. The molecule has 110 valence electrons. The number of hydrogen-bond donors (Lipinski definition) is 1. The summed E-state index contributed by atoms with van der Waals surface area (Å²) in [6.07, 6.45) is 0. The monoisotopic (exact) mass is 345 g/mol. The Bertz CT molecular complexity index is 671. The van der Waals surface area contributed by atoms with Crippen LogP contribution >= 0.6 is 15.9 Å². The van der Waals surface area contributed by atoms with Gasteiger partial charge in [0, 0.05) is 15.7 Å². The van der Waals surface area contributed by atoms with Crippen molar-refractivity contribution in [3.8, 4) is 0 Å². The molecule has 0 spiro atoms. The van der Waals surface area contributed by atoms with Gasteiger partial charge in [-0.2, -0.15) is 0 Å². The fraction of sp³-hybridized carbons (Fsp3) is 0.278. The molecule has 2 rings (SSSR count). The zero-order chi connectivity index (χ0) is 15.6. The summed E-state index contributed by atoms with van der Waals surface area (Å²) >= 11 is 3.49. The molecule has 0 bridgehead atoms. The topological polar surface area (TPSA) is 29.1 Å². The number of amides is 1. The Kier molecular flexibility index (Phi) is 4.52. The second-order valence-electron chi connectivity index (χ2n) is 6.21. The Hall–Kier alpha value is -1.61. The van der Waals surface area contributed by atoms with Crippen molar-refractivity contribution in [1.29, 1.82) is 0 Å². The first-order chi connectivity index (χ1) is 9.79. The quantitative estimate of drug-likeness (QED) is 0.785. The molecule has 0 radical (unpaired) electrons. The Labute approximate surface area is 134 Å². The maximum atomic E-state index is 12.6. The number of anilines is 1. The second-order valence-corrected chi connectivity index (χ2v) is 7.07. The number of hydrogen-bond acceptors (Lipinski definition) is 1. The van der Waals surface area contributed by atoms with Crippen LogP contribution in [0.25, 0.3) is 0 Å². The first-order valence-corrected chi connectivity index (χ1v) is 7.75. The maximum Gasteiger partial charge on any atom is 0.255 e. The first-order valence-electron chi connectivity index (χ1n) is 6.96. The average Bonchev–Trinajstić information content (AvgIpc) is 2.42. The molecule has 0 atom stereocenters. The molecule has 0 aliphatic heterocycles.